The molecule has 1 heterocycles. The number of nitrogens with one attached hydrogen (secondary N) is 2. The van der Waals surface area contributed by atoms with Crippen molar-refractivity contribution in [2.75, 3.05) is 17.6 Å². The van der Waals surface area contributed by atoms with E-state index in [0.29, 0.717) is 11.4 Å². The first-order chi connectivity index (χ1) is 9.83. The maximum Gasteiger partial charge on any atom is 0.405 e. The summed E-state index contributed by atoms with van der Waals surface area (Å²) in [5, 5.41) is 5.82. The Kier molecular flexibility index (Phi) is 4.32. The lowest BCUT2D eigenvalue weighted by Gasteiger charge is -2.07. The molecule has 0 saturated heterocycles. The van der Waals surface area contributed by atoms with E-state index < -0.39 is 18.8 Å². The van der Waals surface area contributed by atoms with Gasteiger partial charge in [-0.3, -0.25) is 5.32 Å². The van der Waals surface area contributed by atoms with E-state index in [1.807, 2.05) is 0 Å². The normalized spacial score (nSPS) is 11.2. The highest BCUT2D eigenvalue weighted by Gasteiger charge is 2.27. The summed E-state index contributed by atoms with van der Waals surface area (Å²) in [6.45, 7) is -1.40. The third kappa shape index (κ3) is 4.63. The molecule has 0 saturated carbocycles. The minimum Gasteiger partial charge on any atom is -0.399 e. The number of halogens is 3. The Morgan fingerprint density at radius 3 is 2.81 bits per heavy atom. The number of hydrogen-bond donors (Lipinski definition) is 3. The molecule has 2 aromatic rings. The zero-order valence-corrected chi connectivity index (χ0v) is 11.4. The number of benzene rings is 1. The van der Waals surface area contributed by atoms with Crippen molar-refractivity contribution < 1.29 is 18.0 Å². The van der Waals surface area contributed by atoms with Gasteiger partial charge in [-0.1, -0.05) is 12.1 Å². The number of anilines is 2. The van der Waals surface area contributed by atoms with Crippen molar-refractivity contribution in [1.82, 2.24) is 10.3 Å². The van der Waals surface area contributed by atoms with Crippen LogP contribution < -0.4 is 16.4 Å². The zero-order chi connectivity index (χ0) is 15.5. The molecule has 112 valence electrons. The lowest BCUT2D eigenvalue weighted by atomic mass is 10.1. The molecular formula is C12H11F3N4OS. The molecule has 1 aromatic heterocycles. The van der Waals surface area contributed by atoms with Crippen LogP contribution in [-0.2, 0) is 0 Å². The van der Waals surface area contributed by atoms with E-state index in [2.05, 4.69) is 10.3 Å². The van der Waals surface area contributed by atoms with Crippen LogP contribution in [0.3, 0.4) is 0 Å². The van der Waals surface area contributed by atoms with Crippen molar-refractivity contribution in [1.29, 1.82) is 0 Å². The van der Waals surface area contributed by atoms with E-state index in [9.17, 15) is 18.0 Å². The van der Waals surface area contributed by atoms with E-state index in [4.69, 9.17) is 5.73 Å². The fourth-order valence-electron chi connectivity index (χ4n) is 1.48. The number of hydrogen-bond acceptors (Lipinski definition) is 4. The largest absolute Gasteiger partial charge is 0.405 e. The molecule has 0 spiro atoms. The molecule has 0 aliphatic heterocycles. The van der Waals surface area contributed by atoms with E-state index in [0.717, 1.165) is 16.9 Å². The zero-order valence-electron chi connectivity index (χ0n) is 10.6. The molecule has 21 heavy (non-hydrogen) atoms. The van der Waals surface area contributed by atoms with Crippen LogP contribution >= 0.6 is 11.3 Å². The third-order valence-corrected chi connectivity index (χ3v) is 3.11. The molecule has 0 atom stereocenters. The van der Waals surface area contributed by atoms with Gasteiger partial charge in [-0.05, 0) is 12.1 Å². The number of rotatable bonds is 3. The van der Waals surface area contributed by atoms with Crippen LogP contribution in [0.25, 0.3) is 11.3 Å². The molecule has 0 aliphatic rings. The second-order valence-electron chi connectivity index (χ2n) is 4.09. The highest BCUT2D eigenvalue weighted by molar-refractivity contribution is 7.14. The molecule has 0 unspecified atom stereocenters. The first kappa shape index (κ1) is 15.1. The van der Waals surface area contributed by atoms with Crippen LogP contribution in [0.4, 0.5) is 28.8 Å². The summed E-state index contributed by atoms with van der Waals surface area (Å²) < 4.78 is 35.9. The first-order valence-electron chi connectivity index (χ1n) is 5.76. The van der Waals surface area contributed by atoms with Gasteiger partial charge in [0.15, 0.2) is 5.13 Å². The van der Waals surface area contributed by atoms with E-state index in [1.165, 1.54) is 0 Å². The van der Waals surface area contributed by atoms with Crippen molar-refractivity contribution in [3.63, 3.8) is 0 Å². The van der Waals surface area contributed by atoms with Gasteiger partial charge in [-0.15, -0.1) is 11.3 Å². The smallest absolute Gasteiger partial charge is 0.399 e. The Hall–Kier alpha value is -2.29. The standard InChI is InChI=1S/C12H11F3N4OS/c13-12(14,15)6-17-10(20)19-11-18-9(5-21-11)7-2-1-3-8(16)4-7/h1-5H,6,16H2,(H2,17,18,19,20). The predicted octanol–water partition coefficient (Wildman–Crippen LogP) is 3.08. The molecule has 9 heteroatoms. The molecule has 0 radical (unpaired) electrons. The van der Waals surface area contributed by atoms with Gasteiger partial charge < -0.3 is 11.1 Å². The van der Waals surface area contributed by atoms with Gasteiger partial charge in [-0.2, -0.15) is 13.2 Å². The monoisotopic (exact) mass is 316 g/mol. The number of alkyl halides is 3. The number of amides is 2. The lowest BCUT2D eigenvalue weighted by molar-refractivity contribution is -0.122. The summed E-state index contributed by atoms with van der Waals surface area (Å²) in [6.07, 6.45) is -4.45. The van der Waals surface area contributed by atoms with Gasteiger partial charge in [0.2, 0.25) is 0 Å². The maximum absolute atomic E-state index is 12.0. The highest BCUT2D eigenvalue weighted by Crippen LogP contribution is 2.26. The van der Waals surface area contributed by atoms with Gasteiger partial charge in [-0.25, -0.2) is 9.78 Å². The van der Waals surface area contributed by atoms with Crippen LogP contribution in [0, 0.1) is 0 Å². The fourth-order valence-corrected chi connectivity index (χ4v) is 2.20. The molecule has 0 fully saturated rings. The molecule has 4 N–H and O–H groups in total. The Morgan fingerprint density at radius 1 is 1.38 bits per heavy atom. The summed E-state index contributed by atoms with van der Waals surface area (Å²) in [5.41, 5.74) is 7.56. The Morgan fingerprint density at radius 2 is 2.14 bits per heavy atom. The summed E-state index contributed by atoms with van der Waals surface area (Å²) in [5.74, 6) is 0. The van der Waals surface area contributed by atoms with Crippen LogP contribution in [0.1, 0.15) is 0 Å². The van der Waals surface area contributed by atoms with Crippen molar-refractivity contribution in [3.05, 3.63) is 29.6 Å². The Balaban J connectivity index is 1.99. The Bertz CT molecular complexity index is 641. The maximum atomic E-state index is 12.0. The van der Waals surface area contributed by atoms with Crippen molar-refractivity contribution >= 4 is 28.2 Å². The molecule has 0 aliphatic carbocycles. The number of carbonyl (C=O) groups excluding carboxylic acids is 1. The van der Waals surface area contributed by atoms with Crippen LogP contribution in [0.5, 0.6) is 0 Å². The molecule has 2 rings (SSSR count). The summed E-state index contributed by atoms with van der Waals surface area (Å²) >= 11 is 1.11. The molecule has 1 aromatic carbocycles. The number of carbonyl (C=O) groups is 1. The van der Waals surface area contributed by atoms with Gasteiger partial charge in [0.1, 0.15) is 6.54 Å². The first-order valence-corrected chi connectivity index (χ1v) is 6.64. The van der Waals surface area contributed by atoms with Gasteiger partial charge in [0, 0.05) is 16.6 Å². The minimum atomic E-state index is -4.45. The van der Waals surface area contributed by atoms with Crippen LogP contribution in [0.15, 0.2) is 29.6 Å². The predicted molar refractivity (Wildman–Crippen MR) is 75.0 cm³/mol. The fraction of sp³-hybridized carbons (Fsp3) is 0.167. The second kappa shape index (κ2) is 6.00. The number of nitrogens with two attached hydrogens (primary N) is 1. The second-order valence-corrected chi connectivity index (χ2v) is 4.94. The number of thiazole rings is 1. The number of nitrogens with zero attached hydrogens (tertiary/aromatic N) is 1. The molecule has 5 nitrogen and oxygen atoms in total. The highest BCUT2D eigenvalue weighted by atomic mass is 32.1. The average Bonchev–Trinajstić information content (AvgIpc) is 2.84. The van der Waals surface area contributed by atoms with Gasteiger partial charge >= 0.3 is 12.2 Å². The van der Waals surface area contributed by atoms with Crippen LogP contribution in [-0.4, -0.2) is 23.7 Å². The number of nitrogen functional groups attached to an aromatic ring is 1. The average molecular weight is 316 g/mol. The molecular weight excluding hydrogens is 305 g/mol. The van der Waals surface area contributed by atoms with Crippen molar-refractivity contribution in [2.45, 2.75) is 6.18 Å². The van der Waals surface area contributed by atoms with Crippen molar-refractivity contribution in [3.8, 4) is 11.3 Å². The van der Waals surface area contributed by atoms with E-state index in [1.54, 1.807) is 35.0 Å². The summed E-state index contributed by atoms with van der Waals surface area (Å²) in [4.78, 5) is 15.4. The van der Waals surface area contributed by atoms with Crippen molar-refractivity contribution in [2.24, 2.45) is 0 Å². The molecule has 0 bridgehead atoms. The van der Waals surface area contributed by atoms with E-state index >= 15 is 0 Å². The van der Waals surface area contributed by atoms with Gasteiger partial charge in [0.25, 0.3) is 0 Å². The van der Waals surface area contributed by atoms with E-state index in [-0.39, 0.29) is 5.13 Å². The molecule has 2 amide bonds. The summed E-state index contributed by atoms with van der Waals surface area (Å²) in [6, 6.07) is 6.02. The van der Waals surface area contributed by atoms with Crippen LogP contribution in [0.2, 0.25) is 0 Å². The van der Waals surface area contributed by atoms with Gasteiger partial charge in [0.05, 0.1) is 5.69 Å². The SMILES string of the molecule is Nc1cccc(-c2csc(NC(=O)NCC(F)(F)F)n2)c1. The quantitative estimate of drug-likeness (QED) is 0.761. The Labute approximate surface area is 122 Å². The topological polar surface area (TPSA) is 80.0 Å². The lowest BCUT2D eigenvalue weighted by Crippen LogP contribution is -2.36. The minimum absolute atomic E-state index is 0.201. The summed E-state index contributed by atoms with van der Waals surface area (Å²) in [7, 11) is 0. The number of aromatic nitrogens is 1. The third-order valence-electron chi connectivity index (χ3n) is 2.36. The number of urea groups is 1.